The van der Waals surface area contributed by atoms with E-state index in [1.54, 1.807) is 18.2 Å². The molecule has 1 aliphatic rings. The Bertz CT molecular complexity index is 1460. The zero-order valence-electron chi connectivity index (χ0n) is 24.3. The highest BCUT2D eigenvalue weighted by Crippen LogP contribution is 2.33. The van der Waals surface area contributed by atoms with Gasteiger partial charge in [0.1, 0.15) is 24.4 Å². The smallest absolute Gasteiger partial charge is 0.441 e. The Labute approximate surface area is 259 Å². The standard InChI is InChI=1S/C35H34F3NO6/c36-35(37,38)34(39-28-19-11-4-12-20-28)45-33-32(43-24-27-17-9-3-10-18-27)31(42-23-26-15-7-2-8-16-26)30(29(21-40)44-33)41-22-25-13-5-1-6-14-25/h1-20,29-33,40H,21-24H2/t29-,30-,31+,32-,33+/m1/s1. The van der Waals surface area contributed by atoms with Crippen molar-refractivity contribution in [2.75, 3.05) is 6.61 Å². The molecule has 0 unspecified atom stereocenters. The Balaban J connectivity index is 1.50. The molecule has 0 aliphatic carbocycles. The average molecular weight is 622 g/mol. The topological polar surface area (TPSA) is 78.7 Å². The number of aliphatic hydroxyl groups excluding tert-OH is 1. The summed E-state index contributed by atoms with van der Waals surface area (Å²) in [7, 11) is 0. The predicted octanol–water partition coefficient (Wildman–Crippen LogP) is 6.77. The van der Waals surface area contributed by atoms with Gasteiger partial charge in [0.2, 0.25) is 6.29 Å². The molecule has 0 bridgehead atoms. The van der Waals surface area contributed by atoms with E-state index < -0.39 is 49.4 Å². The number of aliphatic hydroxyl groups is 1. The predicted molar refractivity (Wildman–Crippen MR) is 161 cm³/mol. The number of aliphatic imine (C=N–C) groups is 1. The van der Waals surface area contributed by atoms with Crippen LogP contribution in [-0.4, -0.2) is 54.5 Å². The highest BCUT2D eigenvalue weighted by Gasteiger charge is 2.52. The van der Waals surface area contributed by atoms with E-state index in [0.29, 0.717) is 0 Å². The van der Waals surface area contributed by atoms with Crippen LogP contribution in [0.1, 0.15) is 16.7 Å². The molecule has 1 saturated heterocycles. The molecule has 1 N–H and O–H groups in total. The number of nitrogens with zero attached hydrogens (tertiary/aromatic N) is 1. The molecular formula is C35H34F3NO6. The zero-order chi connectivity index (χ0) is 31.5. The number of alkyl halides is 3. The fourth-order valence-corrected chi connectivity index (χ4v) is 4.87. The van der Waals surface area contributed by atoms with Gasteiger partial charge in [-0.05, 0) is 28.8 Å². The maximum atomic E-state index is 14.3. The van der Waals surface area contributed by atoms with E-state index in [1.807, 2.05) is 91.0 Å². The number of hydrogen-bond donors (Lipinski definition) is 1. The first-order valence-electron chi connectivity index (χ1n) is 14.5. The number of benzene rings is 4. The van der Waals surface area contributed by atoms with E-state index in [2.05, 4.69) is 4.99 Å². The van der Waals surface area contributed by atoms with Gasteiger partial charge >= 0.3 is 6.18 Å². The van der Waals surface area contributed by atoms with Gasteiger partial charge in [-0.25, -0.2) is 4.99 Å². The van der Waals surface area contributed by atoms with E-state index in [4.69, 9.17) is 23.7 Å². The summed E-state index contributed by atoms with van der Waals surface area (Å²) in [6, 6.07) is 35.5. The van der Waals surface area contributed by atoms with Crippen molar-refractivity contribution in [1.82, 2.24) is 0 Å². The lowest BCUT2D eigenvalue weighted by Crippen LogP contribution is -2.62. The minimum atomic E-state index is -4.96. The molecule has 1 heterocycles. The first kappa shape index (κ1) is 32.3. The highest BCUT2D eigenvalue weighted by atomic mass is 19.4. The van der Waals surface area contributed by atoms with E-state index in [1.165, 1.54) is 12.1 Å². The minimum Gasteiger partial charge on any atom is -0.441 e. The summed E-state index contributed by atoms with van der Waals surface area (Å²) in [5.74, 6) is -1.52. The summed E-state index contributed by atoms with van der Waals surface area (Å²) in [6.45, 7) is -0.326. The van der Waals surface area contributed by atoms with Crippen molar-refractivity contribution in [3.63, 3.8) is 0 Å². The fourth-order valence-electron chi connectivity index (χ4n) is 4.87. The molecule has 0 radical (unpaired) electrons. The molecule has 4 aromatic rings. The van der Waals surface area contributed by atoms with Gasteiger partial charge in [-0.3, -0.25) is 0 Å². The number of halogens is 3. The first-order chi connectivity index (χ1) is 21.9. The molecule has 4 aromatic carbocycles. The van der Waals surface area contributed by atoms with Crippen LogP contribution in [0.4, 0.5) is 18.9 Å². The zero-order valence-corrected chi connectivity index (χ0v) is 24.3. The Kier molecular flexibility index (Phi) is 11.3. The largest absolute Gasteiger partial charge is 0.468 e. The third-order valence-electron chi connectivity index (χ3n) is 7.08. The lowest BCUT2D eigenvalue weighted by atomic mass is 9.98. The second kappa shape index (κ2) is 15.8. The lowest BCUT2D eigenvalue weighted by molar-refractivity contribution is -0.314. The molecule has 1 fully saturated rings. The number of hydrogen-bond acceptors (Lipinski definition) is 7. The van der Waals surface area contributed by atoms with E-state index in [9.17, 15) is 18.3 Å². The fraction of sp³-hybridized carbons (Fsp3) is 0.286. The second-order valence-electron chi connectivity index (χ2n) is 10.4. The van der Waals surface area contributed by atoms with Crippen LogP contribution in [0.5, 0.6) is 0 Å². The molecule has 0 amide bonds. The van der Waals surface area contributed by atoms with Crippen LogP contribution in [0.25, 0.3) is 0 Å². The van der Waals surface area contributed by atoms with Gasteiger partial charge in [0.05, 0.1) is 32.1 Å². The third-order valence-corrected chi connectivity index (χ3v) is 7.08. The van der Waals surface area contributed by atoms with Gasteiger partial charge in [-0.15, -0.1) is 0 Å². The Morgan fingerprint density at radius 2 is 1.04 bits per heavy atom. The van der Waals surface area contributed by atoms with Crippen LogP contribution in [0.3, 0.4) is 0 Å². The number of ether oxygens (including phenoxy) is 5. The van der Waals surface area contributed by atoms with Crippen molar-refractivity contribution in [3.8, 4) is 0 Å². The first-order valence-corrected chi connectivity index (χ1v) is 14.5. The SMILES string of the molecule is OC[C@H]1O[C@@H](OC(=Nc2ccccc2)C(F)(F)F)[C@H](OCc2ccccc2)[C@@H](OCc2ccccc2)[C@@H]1OCc1ccccc1. The summed E-state index contributed by atoms with van der Waals surface area (Å²) >= 11 is 0. The molecular weight excluding hydrogens is 587 g/mol. The second-order valence-corrected chi connectivity index (χ2v) is 10.4. The summed E-state index contributed by atoms with van der Waals surface area (Å²) in [4.78, 5) is 3.74. The monoisotopic (exact) mass is 621 g/mol. The van der Waals surface area contributed by atoms with Crippen molar-refractivity contribution in [3.05, 3.63) is 138 Å². The minimum absolute atomic E-state index is 0.0201. The Morgan fingerprint density at radius 3 is 1.49 bits per heavy atom. The van der Waals surface area contributed by atoms with E-state index >= 15 is 0 Å². The molecule has 0 aromatic heterocycles. The molecule has 5 rings (SSSR count). The maximum Gasteiger partial charge on any atom is 0.468 e. The molecule has 10 heteroatoms. The third kappa shape index (κ3) is 9.23. The molecule has 236 valence electrons. The number of para-hydroxylation sites is 1. The van der Waals surface area contributed by atoms with Crippen molar-refractivity contribution in [2.45, 2.75) is 56.7 Å². The summed E-state index contributed by atoms with van der Waals surface area (Å²) in [6.07, 6.45) is -10.9. The van der Waals surface area contributed by atoms with Gasteiger partial charge < -0.3 is 28.8 Å². The quantitative estimate of drug-likeness (QED) is 0.139. The molecule has 5 atom stereocenters. The Hall–Kier alpha value is -4.06. The summed E-state index contributed by atoms with van der Waals surface area (Å²) in [5.41, 5.74) is 2.50. The van der Waals surface area contributed by atoms with Crippen LogP contribution in [0.15, 0.2) is 126 Å². The van der Waals surface area contributed by atoms with Crippen molar-refractivity contribution in [2.24, 2.45) is 4.99 Å². The molecule has 0 saturated carbocycles. The van der Waals surface area contributed by atoms with E-state index in [0.717, 1.165) is 16.7 Å². The van der Waals surface area contributed by atoms with Crippen LogP contribution in [0.2, 0.25) is 0 Å². The van der Waals surface area contributed by atoms with E-state index in [-0.39, 0.29) is 25.5 Å². The van der Waals surface area contributed by atoms with Gasteiger partial charge in [0, 0.05) is 0 Å². The van der Waals surface area contributed by atoms with Crippen LogP contribution >= 0.6 is 0 Å². The van der Waals surface area contributed by atoms with Crippen LogP contribution < -0.4 is 0 Å². The lowest BCUT2D eigenvalue weighted by Gasteiger charge is -2.45. The molecule has 0 spiro atoms. The normalized spacial score (nSPS) is 22.2. The summed E-state index contributed by atoms with van der Waals surface area (Å²) < 4.78 is 73.4. The van der Waals surface area contributed by atoms with Crippen LogP contribution in [-0.2, 0) is 43.5 Å². The van der Waals surface area contributed by atoms with Crippen molar-refractivity contribution >= 4 is 11.6 Å². The van der Waals surface area contributed by atoms with Gasteiger partial charge in [0.25, 0.3) is 5.90 Å². The van der Waals surface area contributed by atoms with Crippen LogP contribution in [0, 0.1) is 0 Å². The molecule has 45 heavy (non-hydrogen) atoms. The van der Waals surface area contributed by atoms with Crippen molar-refractivity contribution < 1.29 is 42.0 Å². The van der Waals surface area contributed by atoms with Gasteiger partial charge in [-0.2, -0.15) is 13.2 Å². The van der Waals surface area contributed by atoms with Gasteiger partial charge in [0.15, 0.2) is 0 Å². The number of rotatable bonds is 12. The van der Waals surface area contributed by atoms with Crippen molar-refractivity contribution in [1.29, 1.82) is 0 Å². The molecule has 7 nitrogen and oxygen atoms in total. The molecule has 1 aliphatic heterocycles. The summed E-state index contributed by atoms with van der Waals surface area (Å²) in [5, 5.41) is 10.4. The Morgan fingerprint density at radius 1 is 0.622 bits per heavy atom. The highest BCUT2D eigenvalue weighted by molar-refractivity contribution is 5.84. The average Bonchev–Trinajstić information content (AvgIpc) is 3.07. The van der Waals surface area contributed by atoms with Gasteiger partial charge in [-0.1, -0.05) is 109 Å². The maximum absolute atomic E-state index is 14.3.